The lowest BCUT2D eigenvalue weighted by atomic mass is 9.94. The van der Waals surface area contributed by atoms with E-state index >= 15 is 0 Å². The Bertz CT molecular complexity index is 798. The summed E-state index contributed by atoms with van der Waals surface area (Å²) in [7, 11) is 0. The number of morpholine rings is 1. The van der Waals surface area contributed by atoms with Crippen LogP contribution < -0.4 is 16.4 Å². The second kappa shape index (κ2) is 6.61. The molecule has 26 heavy (non-hydrogen) atoms. The van der Waals surface area contributed by atoms with Crippen molar-refractivity contribution in [3.8, 4) is 0 Å². The van der Waals surface area contributed by atoms with Gasteiger partial charge >= 0.3 is 0 Å². The summed E-state index contributed by atoms with van der Waals surface area (Å²) in [4.78, 5) is 10.7. The number of nitrogen functional groups attached to an aromatic ring is 2. The van der Waals surface area contributed by atoms with Gasteiger partial charge in [0.2, 0.25) is 5.95 Å². The van der Waals surface area contributed by atoms with E-state index in [0.717, 1.165) is 50.4 Å². The second-order valence-corrected chi connectivity index (χ2v) is 7.10. The number of nitrogens with zero attached hydrogens (tertiary/aromatic N) is 3. The first kappa shape index (κ1) is 16.8. The van der Waals surface area contributed by atoms with Crippen LogP contribution in [0.1, 0.15) is 29.7 Å². The van der Waals surface area contributed by atoms with Gasteiger partial charge in [0.15, 0.2) is 0 Å². The van der Waals surface area contributed by atoms with Crippen LogP contribution >= 0.6 is 0 Å². The molecule has 0 amide bonds. The Labute approximate surface area is 153 Å². The number of hydrogen-bond acceptors (Lipinski definition) is 6. The Kier molecular flexibility index (Phi) is 4.28. The van der Waals surface area contributed by atoms with Crippen LogP contribution in [0.3, 0.4) is 0 Å². The van der Waals surface area contributed by atoms with E-state index in [-0.39, 0.29) is 11.4 Å². The molecule has 2 aliphatic rings. The van der Waals surface area contributed by atoms with Gasteiger partial charge in [0.05, 0.1) is 18.9 Å². The molecule has 0 atom stereocenters. The number of aromatic nitrogens is 2. The van der Waals surface area contributed by atoms with Gasteiger partial charge in [-0.25, -0.2) is 4.98 Å². The highest BCUT2D eigenvalue weighted by molar-refractivity contribution is 5.66. The van der Waals surface area contributed by atoms with Crippen molar-refractivity contribution in [2.75, 3.05) is 42.7 Å². The first-order valence-corrected chi connectivity index (χ1v) is 9.09. The SMILES string of the molecule is Cc1nc(N)nc(N)c1C=CC1(c2ccc(N3CCOCC3)cc2)CC1. The Balaban J connectivity index is 1.54. The summed E-state index contributed by atoms with van der Waals surface area (Å²) in [6.07, 6.45) is 6.59. The average Bonchev–Trinajstić information content (AvgIpc) is 3.43. The van der Waals surface area contributed by atoms with Crippen molar-refractivity contribution in [3.05, 3.63) is 47.2 Å². The Morgan fingerprint density at radius 2 is 1.77 bits per heavy atom. The molecule has 0 spiro atoms. The Hall–Kier alpha value is -2.60. The van der Waals surface area contributed by atoms with Crippen LogP contribution in [0.15, 0.2) is 30.3 Å². The van der Waals surface area contributed by atoms with Gasteiger partial charge in [-0.2, -0.15) is 4.98 Å². The lowest BCUT2D eigenvalue weighted by molar-refractivity contribution is 0.122. The number of anilines is 3. The summed E-state index contributed by atoms with van der Waals surface area (Å²) in [5.74, 6) is 0.654. The highest BCUT2D eigenvalue weighted by Gasteiger charge is 2.41. The molecule has 6 heteroatoms. The Morgan fingerprint density at radius 1 is 1.08 bits per heavy atom. The van der Waals surface area contributed by atoms with Gasteiger partial charge in [0.25, 0.3) is 0 Å². The van der Waals surface area contributed by atoms with Gasteiger partial charge in [-0.15, -0.1) is 0 Å². The van der Waals surface area contributed by atoms with Crippen molar-refractivity contribution in [2.45, 2.75) is 25.2 Å². The standard InChI is InChI=1S/C20H25N5O/c1-14-17(18(21)24-19(22)23-14)6-7-20(8-9-20)15-2-4-16(5-3-15)25-10-12-26-13-11-25/h2-7H,8-13H2,1H3,(H4,21,22,23,24). The van der Waals surface area contributed by atoms with Crippen molar-refractivity contribution in [3.63, 3.8) is 0 Å². The highest BCUT2D eigenvalue weighted by Crippen LogP contribution is 2.50. The second-order valence-electron chi connectivity index (χ2n) is 7.10. The van der Waals surface area contributed by atoms with E-state index in [0.29, 0.717) is 5.82 Å². The summed E-state index contributed by atoms with van der Waals surface area (Å²) >= 11 is 0. The summed E-state index contributed by atoms with van der Waals surface area (Å²) in [6.45, 7) is 5.43. The maximum absolute atomic E-state index is 6.02. The fraction of sp³-hybridized carbons (Fsp3) is 0.400. The molecule has 1 aromatic carbocycles. The lowest BCUT2D eigenvalue weighted by Gasteiger charge is -2.29. The molecule has 2 heterocycles. The molecule has 1 aromatic heterocycles. The van der Waals surface area contributed by atoms with Gasteiger partial charge in [-0.05, 0) is 37.5 Å². The third kappa shape index (κ3) is 3.24. The van der Waals surface area contributed by atoms with Crippen LogP contribution in [0.5, 0.6) is 0 Å². The van der Waals surface area contributed by atoms with E-state index in [9.17, 15) is 0 Å². The number of hydrogen-bond donors (Lipinski definition) is 2. The topological polar surface area (TPSA) is 90.3 Å². The summed E-state index contributed by atoms with van der Waals surface area (Å²) in [5, 5.41) is 0. The minimum Gasteiger partial charge on any atom is -0.383 e. The van der Waals surface area contributed by atoms with Crippen LogP contribution in [0, 0.1) is 6.92 Å². The van der Waals surface area contributed by atoms with Crippen LogP contribution in [0.2, 0.25) is 0 Å². The maximum atomic E-state index is 6.02. The van der Waals surface area contributed by atoms with Gasteiger partial charge in [0.1, 0.15) is 5.82 Å². The van der Waals surface area contributed by atoms with E-state index < -0.39 is 0 Å². The third-order valence-electron chi connectivity index (χ3n) is 5.36. The molecule has 1 saturated carbocycles. The normalized spacial score (nSPS) is 19.0. The summed E-state index contributed by atoms with van der Waals surface area (Å²) < 4.78 is 5.43. The number of benzene rings is 1. The van der Waals surface area contributed by atoms with Gasteiger partial charge in [-0.3, -0.25) is 0 Å². The molecule has 1 aliphatic heterocycles. The average molecular weight is 351 g/mol. The molecule has 2 aromatic rings. The van der Waals surface area contributed by atoms with E-state index in [2.05, 4.69) is 45.2 Å². The molecule has 6 nitrogen and oxygen atoms in total. The molecule has 0 bridgehead atoms. The number of rotatable bonds is 4. The fourth-order valence-corrected chi connectivity index (χ4v) is 3.59. The van der Waals surface area contributed by atoms with Crippen LogP contribution in [0.4, 0.5) is 17.5 Å². The molecular formula is C20H25N5O. The zero-order chi connectivity index (χ0) is 18.1. The van der Waals surface area contributed by atoms with Gasteiger partial charge < -0.3 is 21.1 Å². The maximum Gasteiger partial charge on any atom is 0.222 e. The lowest BCUT2D eigenvalue weighted by Crippen LogP contribution is -2.36. The predicted molar refractivity (Wildman–Crippen MR) is 105 cm³/mol. The van der Waals surface area contributed by atoms with E-state index in [4.69, 9.17) is 16.2 Å². The van der Waals surface area contributed by atoms with E-state index in [1.807, 2.05) is 13.0 Å². The highest BCUT2D eigenvalue weighted by atomic mass is 16.5. The minimum absolute atomic E-state index is 0.101. The van der Waals surface area contributed by atoms with Crippen molar-refractivity contribution in [2.24, 2.45) is 0 Å². The van der Waals surface area contributed by atoms with Crippen LogP contribution in [0.25, 0.3) is 6.08 Å². The van der Waals surface area contributed by atoms with Gasteiger partial charge in [0, 0.05) is 29.8 Å². The molecule has 0 unspecified atom stereocenters. The fourth-order valence-electron chi connectivity index (χ4n) is 3.59. The zero-order valence-corrected chi connectivity index (χ0v) is 15.1. The largest absolute Gasteiger partial charge is 0.383 e. The minimum atomic E-state index is 0.101. The molecule has 4 N–H and O–H groups in total. The van der Waals surface area contributed by atoms with E-state index in [1.54, 1.807) is 0 Å². The smallest absolute Gasteiger partial charge is 0.222 e. The number of aryl methyl sites for hydroxylation is 1. The van der Waals surface area contributed by atoms with Crippen molar-refractivity contribution in [1.29, 1.82) is 0 Å². The first-order chi connectivity index (χ1) is 12.6. The monoisotopic (exact) mass is 351 g/mol. The van der Waals surface area contributed by atoms with Gasteiger partial charge in [-0.1, -0.05) is 24.3 Å². The van der Waals surface area contributed by atoms with Crippen LogP contribution in [-0.4, -0.2) is 36.3 Å². The van der Waals surface area contributed by atoms with Crippen LogP contribution in [-0.2, 0) is 10.2 Å². The number of nitrogens with two attached hydrogens (primary N) is 2. The molecule has 1 saturated heterocycles. The Morgan fingerprint density at radius 3 is 2.38 bits per heavy atom. The molecule has 136 valence electrons. The molecule has 4 rings (SSSR count). The first-order valence-electron chi connectivity index (χ1n) is 9.09. The molecule has 2 fully saturated rings. The zero-order valence-electron chi connectivity index (χ0n) is 15.1. The number of allylic oxidation sites excluding steroid dienone is 1. The quantitative estimate of drug-likeness (QED) is 0.880. The molecular weight excluding hydrogens is 326 g/mol. The molecule has 0 radical (unpaired) electrons. The van der Waals surface area contributed by atoms with Crippen molar-refractivity contribution < 1.29 is 4.74 Å². The summed E-state index contributed by atoms with van der Waals surface area (Å²) in [5.41, 5.74) is 16.0. The number of ether oxygens (including phenoxy) is 1. The third-order valence-corrected chi connectivity index (χ3v) is 5.36. The molecule has 1 aliphatic carbocycles. The van der Waals surface area contributed by atoms with Crippen molar-refractivity contribution in [1.82, 2.24) is 9.97 Å². The van der Waals surface area contributed by atoms with E-state index in [1.165, 1.54) is 11.3 Å². The summed E-state index contributed by atoms with van der Waals surface area (Å²) in [6, 6.07) is 8.94. The van der Waals surface area contributed by atoms with Crippen molar-refractivity contribution >= 4 is 23.5 Å². The predicted octanol–water partition coefficient (Wildman–Crippen LogP) is 2.53.